The summed E-state index contributed by atoms with van der Waals surface area (Å²) in [4.78, 5) is 21.3. The Bertz CT molecular complexity index is 1120. The Morgan fingerprint density at radius 2 is 1.84 bits per heavy atom. The molecule has 0 unspecified atom stereocenters. The van der Waals surface area contributed by atoms with Crippen molar-refractivity contribution in [2.45, 2.75) is 82.7 Å². The molecule has 6 atom stereocenters. The highest BCUT2D eigenvalue weighted by atomic mass is 16.5. The van der Waals surface area contributed by atoms with Crippen LogP contribution < -0.4 is 21.1 Å². The number of aromatic hydroxyl groups is 1. The first kappa shape index (κ1) is 33.7. The van der Waals surface area contributed by atoms with Crippen molar-refractivity contribution in [3.63, 3.8) is 0 Å². The van der Waals surface area contributed by atoms with Crippen LogP contribution in [0.3, 0.4) is 0 Å². The normalized spacial score (nSPS) is 30.6. The fourth-order valence-electron chi connectivity index (χ4n) is 7.59. The molecule has 0 aromatic heterocycles. The predicted molar refractivity (Wildman–Crippen MR) is 172 cm³/mol. The second-order valence-electron chi connectivity index (χ2n) is 13.7. The number of benzene rings is 1. The van der Waals surface area contributed by atoms with E-state index in [4.69, 9.17) is 15.2 Å². The molecule has 7 N–H and O–H groups in total. The third kappa shape index (κ3) is 10.4. The Morgan fingerprint density at radius 1 is 1.11 bits per heavy atom. The average molecular weight is 631 g/mol. The van der Waals surface area contributed by atoms with E-state index in [9.17, 15) is 20.1 Å². The maximum atomic E-state index is 11.9. The number of carbonyl (C=O) groups is 1. The first-order valence-electron chi connectivity index (χ1n) is 16.9. The first-order chi connectivity index (χ1) is 21.7. The third-order valence-corrected chi connectivity index (χ3v) is 9.81. The number of esters is 1. The number of phenolic OH excluding ortho intramolecular Hbond substituents is 1. The molecule has 252 valence electrons. The van der Waals surface area contributed by atoms with E-state index in [1.54, 1.807) is 6.07 Å². The summed E-state index contributed by atoms with van der Waals surface area (Å²) in [7, 11) is 0. The number of phenols is 1. The molecule has 5 heterocycles. The number of nitrogens with one attached hydrogen (secondary N) is 2. The van der Waals surface area contributed by atoms with Crippen LogP contribution >= 0.6 is 0 Å². The molecule has 1 aromatic carbocycles. The number of aryl methyl sites for hydroxylation is 1. The molecule has 12 nitrogen and oxygen atoms in total. The van der Waals surface area contributed by atoms with Crippen molar-refractivity contribution in [3.05, 3.63) is 23.8 Å². The number of aliphatic imine (C=N–C) groups is 1. The highest BCUT2D eigenvalue weighted by Gasteiger charge is 2.36. The van der Waals surface area contributed by atoms with Gasteiger partial charge < -0.3 is 46.1 Å². The molecule has 0 saturated carbocycles. The number of hydrogen-bond acceptors (Lipinski definition) is 12. The van der Waals surface area contributed by atoms with Crippen molar-refractivity contribution < 1.29 is 29.6 Å². The summed E-state index contributed by atoms with van der Waals surface area (Å²) >= 11 is 0. The SMILES string of the molecule is CC(=O)O[C@H](CCc1ccc(O)c(OC2CCNCC2)c1)C[C@@H](O)CC[C@@H]1CNC(N)=NCN2C[C@H]3C[C@H](C2)CN(C3)C[C@@H]1O. The Kier molecular flexibility index (Phi) is 12.2. The lowest BCUT2D eigenvalue weighted by Gasteiger charge is -2.46. The van der Waals surface area contributed by atoms with Crippen molar-refractivity contribution in [1.29, 1.82) is 0 Å². The van der Waals surface area contributed by atoms with Gasteiger partial charge in [0.25, 0.3) is 0 Å². The number of aliphatic hydroxyl groups excluding tert-OH is 2. The van der Waals surface area contributed by atoms with E-state index in [-0.39, 0.29) is 23.7 Å². The van der Waals surface area contributed by atoms with E-state index in [0.717, 1.165) is 57.7 Å². The van der Waals surface area contributed by atoms with E-state index in [0.29, 0.717) is 75.4 Å². The standard InChI is InChI=1S/C33H54N6O6/c1-22(40)44-29(6-2-23-3-7-30(42)32(13-23)45-28-8-10-35-11-9-28)14-27(41)5-4-26-15-36-33(34)37-21-39-18-24-12-25(19-39)17-38(16-24)20-31(26)43/h3,7,13,24-29,31,35,41-43H,2,4-6,8-12,14-21H2,1H3,(H3,34,36,37)/t24-,25-,26+,27-,29+,31-/m0/s1. The highest BCUT2D eigenvalue weighted by molar-refractivity contribution is 5.77. The number of ether oxygens (including phenoxy) is 2. The topological polar surface area (TPSA) is 165 Å². The largest absolute Gasteiger partial charge is 0.504 e. The number of carbonyl (C=O) groups excluding carboxylic acids is 1. The molecule has 0 spiro atoms. The highest BCUT2D eigenvalue weighted by Crippen LogP contribution is 2.31. The summed E-state index contributed by atoms with van der Waals surface area (Å²) in [6.07, 6.45) is 3.87. The van der Waals surface area contributed by atoms with Crippen molar-refractivity contribution in [3.8, 4) is 11.5 Å². The van der Waals surface area contributed by atoms with Crippen LogP contribution in [0, 0.1) is 17.8 Å². The van der Waals surface area contributed by atoms with Crippen LogP contribution in [0.5, 0.6) is 11.5 Å². The number of nitrogens with zero attached hydrogens (tertiary/aromatic N) is 3. The number of nitrogens with two attached hydrogens (primary N) is 1. The number of aliphatic hydroxyl groups is 2. The zero-order valence-electron chi connectivity index (χ0n) is 26.8. The fourth-order valence-corrected chi connectivity index (χ4v) is 7.59. The Labute approximate surface area is 267 Å². The smallest absolute Gasteiger partial charge is 0.302 e. The number of fused-ring (bicyclic) bond motifs is 6. The Morgan fingerprint density at radius 3 is 2.58 bits per heavy atom. The van der Waals surface area contributed by atoms with Crippen LogP contribution in [0.4, 0.5) is 0 Å². The van der Waals surface area contributed by atoms with Crippen molar-refractivity contribution in [2.75, 3.05) is 59.0 Å². The molecule has 5 aliphatic rings. The molecule has 0 aliphatic carbocycles. The van der Waals surface area contributed by atoms with E-state index >= 15 is 0 Å². The van der Waals surface area contributed by atoms with Gasteiger partial charge in [-0.15, -0.1) is 0 Å². The molecule has 1 aromatic rings. The van der Waals surface area contributed by atoms with Gasteiger partial charge in [0.1, 0.15) is 12.2 Å². The minimum atomic E-state index is -0.699. The summed E-state index contributed by atoms with van der Waals surface area (Å²) in [6.45, 7) is 8.86. The zero-order valence-corrected chi connectivity index (χ0v) is 26.8. The van der Waals surface area contributed by atoms with Crippen LogP contribution in [0.2, 0.25) is 0 Å². The van der Waals surface area contributed by atoms with Gasteiger partial charge in [-0.1, -0.05) is 6.07 Å². The molecular formula is C33H54N6O6. The van der Waals surface area contributed by atoms with Gasteiger partial charge in [-0.3, -0.25) is 9.69 Å². The van der Waals surface area contributed by atoms with Gasteiger partial charge in [0.05, 0.1) is 18.9 Å². The molecular weight excluding hydrogens is 576 g/mol. The number of guanidine groups is 1. The fraction of sp³-hybridized carbons (Fsp3) is 0.758. The minimum Gasteiger partial charge on any atom is -0.504 e. The van der Waals surface area contributed by atoms with Crippen molar-refractivity contribution >= 4 is 11.9 Å². The maximum Gasteiger partial charge on any atom is 0.302 e. The van der Waals surface area contributed by atoms with Crippen LogP contribution in [-0.2, 0) is 16.0 Å². The van der Waals surface area contributed by atoms with Crippen molar-refractivity contribution in [1.82, 2.24) is 20.4 Å². The monoisotopic (exact) mass is 630 g/mol. The second kappa shape index (κ2) is 16.3. The van der Waals surface area contributed by atoms with E-state index in [2.05, 4.69) is 25.4 Å². The average Bonchev–Trinajstić information content (AvgIpc) is 3.00. The van der Waals surface area contributed by atoms with E-state index < -0.39 is 18.3 Å². The third-order valence-electron chi connectivity index (χ3n) is 9.81. The molecule has 5 aliphatic heterocycles. The molecule has 45 heavy (non-hydrogen) atoms. The summed E-state index contributed by atoms with van der Waals surface area (Å²) in [6, 6.07) is 5.36. The summed E-state index contributed by atoms with van der Waals surface area (Å²) < 4.78 is 11.7. The number of rotatable bonds is 11. The van der Waals surface area contributed by atoms with Gasteiger partial charge in [-0.2, -0.15) is 0 Å². The Balaban J connectivity index is 1.15. The van der Waals surface area contributed by atoms with Gasteiger partial charge >= 0.3 is 5.97 Å². The maximum absolute atomic E-state index is 11.9. The molecule has 3 saturated heterocycles. The lowest BCUT2D eigenvalue weighted by atomic mass is 9.84. The van der Waals surface area contributed by atoms with E-state index in [1.807, 2.05) is 12.1 Å². The molecule has 12 heteroatoms. The molecule has 0 amide bonds. The molecule has 0 radical (unpaired) electrons. The Hall–Kier alpha value is -2.64. The second-order valence-corrected chi connectivity index (χ2v) is 13.7. The number of hydrogen-bond donors (Lipinski definition) is 6. The molecule has 6 rings (SSSR count). The summed E-state index contributed by atoms with van der Waals surface area (Å²) in [5.74, 6) is 1.65. The number of piperidine rings is 3. The van der Waals surface area contributed by atoms with Gasteiger partial charge in [-0.05, 0) is 87.6 Å². The molecule has 3 fully saturated rings. The summed E-state index contributed by atoms with van der Waals surface area (Å²) in [5, 5.41) is 39.3. The van der Waals surface area contributed by atoms with Crippen LogP contribution in [-0.4, -0.2) is 120 Å². The van der Waals surface area contributed by atoms with Gasteiger partial charge in [0, 0.05) is 58.5 Å². The van der Waals surface area contributed by atoms with Crippen LogP contribution in [0.15, 0.2) is 23.2 Å². The summed E-state index contributed by atoms with van der Waals surface area (Å²) in [5.41, 5.74) is 7.16. The van der Waals surface area contributed by atoms with E-state index in [1.165, 1.54) is 13.3 Å². The van der Waals surface area contributed by atoms with Crippen LogP contribution in [0.25, 0.3) is 0 Å². The minimum absolute atomic E-state index is 0.0687. The van der Waals surface area contributed by atoms with Gasteiger partial charge in [0.2, 0.25) is 0 Å². The zero-order chi connectivity index (χ0) is 31.8. The predicted octanol–water partition coefficient (Wildman–Crippen LogP) is 1.02. The molecule has 4 bridgehead atoms. The quantitative estimate of drug-likeness (QED) is 0.194. The lowest BCUT2D eigenvalue weighted by Crippen LogP contribution is -2.54. The van der Waals surface area contributed by atoms with Crippen molar-refractivity contribution in [2.24, 2.45) is 28.5 Å². The lowest BCUT2D eigenvalue weighted by molar-refractivity contribution is -0.148. The first-order valence-corrected chi connectivity index (χ1v) is 16.9. The van der Waals surface area contributed by atoms with Gasteiger partial charge in [0.15, 0.2) is 17.5 Å². The van der Waals surface area contributed by atoms with Gasteiger partial charge in [-0.25, -0.2) is 4.99 Å². The van der Waals surface area contributed by atoms with Crippen LogP contribution in [0.1, 0.15) is 57.4 Å².